The lowest BCUT2D eigenvalue weighted by Gasteiger charge is -2.16. The summed E-state index contributed by atoms with van der Waals surface area (Å²) in [7, 11) is 0. The number of aromatic nitrogens is 2. The maximum absolute atomic E-state index is 12.9. The van der Waals surface area contributed by atoms with Crippen molar-refractivity contribution in [1.29, 1.82) is 0 Å². The molecule has 1 fully saturated rings. The van der Waals surface area contributed by atoms with Gasteiger partial charge in [0.05, 0.1) is 5.92 Å². The number of H-pyrrole nitrogens is 1. The first-order valence-electron chi connectivity index (χ1n) is 11.9. The van der Waals surface area contributed by atoms with E-state index < -0.39 is 11.8 Å². The van der Waals surface area contributed by atoms with Crippen molar-refractivity contribution >= 4 is 52.0 Å². The van der Waals surface area contributed by atoms with Crippen molar-refractivity contribution in [3.05, 3.63) is 89.6 Å². The van der Waals surface area contributed by atoms with Gasteiger partial charge in [0.2, 0.25) is 11.8 Å². The lowest BCUT2D eigenvalue weighted by molar-refractivity contribution is -0.117. The number of anilines is 2. The van der Waals surface area contributed by atoms with Gasteiger partial charge >= 0.3 is 6.03 Å². The molecule has 9 heteroatoms. The van der Waals surface area contributed by atoms with Crippen LogP contribution in [0.3, 0.4) is 0 Å². The van der Waals surface area contributed by atoms with Gasteiger partial charge in [-0.3, -0.25) is 14.5 Å². The topological polar surface area (TPSA) is 133 Å². The van der Waals surface area contributed by atoms with Gasteiger partial charge in [0.25, 0.3) is 0 Å². The van der Waals surface area contributed by atoms with Gasteiger partial charge in [0, 0.05) is 41.5 Å². The van der Waals surface area contributed by atoms with Gasteiger partial charge in [0.1, 0.15) is 11.5 Å². The summed E-state index contributed by atoms with van der Waals surface area (Å²) >= 11 is 0. The summed E-state index contributed by atoms with van der Waals surface area (Å²) in [6, 6.07) is 20.1. The van der Waals surface area contributed by atoms with E-state index in [0.29, 0.717) is 30.1 Å². The molecule has 0 bridgehead atoms. The Morgan fingerprint density at radius 2 is 1.84 bits per heavy atom. The molecule has 2 aromatic carbocycles. The average molecular weight is 495 g/mol. The van der Waals surface area contributed by atoms with E-state index in [1.807, 2.05) is 67.6 Å². The lowest BCUT2D eigenvalue weighted by atomic mass is 10.00. The summed E-state index contributed by atoms with van der Waals surface area (Å²) in [5.41, 5.74) is 9.71. The van der Waals surface area contributed by atoms with Gasteiger partial charge in [-0.1, -0.05) is 42.5 Å². The van der Waals surface area contributed by atoms with Crippen molar-refractivity contribution in [3.8, 4) is 0 Å². The molecule has 0 aliphatic carbocycles. The second-order valence-corrected chi connectivity index (χ2v) is 8.81. The fourth-order valence-electron chi connectivity index (χ4n) is 4.33. The normalized spacial score (nSPS) is 14.5. The number of aromatic amines is 1. The number of nitrogens with zero attached hydrogens (tertiary/aromatic N) is 2. The average Bonchev–Trinajstić information content (AvgIpc) is 3.52. The van der Waals surface area contributed by atoms with Crippen molar-refractivity contribution in [2.75, 3.05) is 23.3 Å². The number of benzene rings is 2. The first kappa shape index (κ1) is 23.8. The fraction of sp³-hybridized carbons (Fsp3) is 0.143. The largest absolute Gasteiger partial charge is 0.366 e. The maximum atomic E-state index is 12.9. The third-order valence-corrected chi connectivity index (χ3v) is 6.43. The Morgan fingerprint density at radius 1 is 1.08 bits per heavy atom. The van der Waals surface area contributed by atoms with E-state index >= 15 is 0 Å². The van der Waals surface area contributed by atoms with E-state index in [1.54, 1.807) is 23.2 Å². The number of amides is 4. The van der Waals surface area contributed by atoms with Crippen molar-refractivity contribution < 1.29 is 14.4 Å². The van der Waals surface area contributed by atoms with Crippen LogP contribution in [0, 0.1) is 0 Å². The molecular weight excluding hydrogens is 468 g/mol. The molecule has 0 saturated carbocycles. The van der Waals surface area contributed by atoms with Crippen molar-refractivity contribution in [2.24, 2.45) is 5.73 Å². The number of rotatable bonds is 7. The minimum Gasteiger partial charge on any atom is -0.366 e. The molecule has 37 heavy (non-hydrogen) atoms. The van der Waals surface area contributed by atoms with Crippen LogP contribution in [0.25, 0.3) is 22.7 Å². The fourth-order valence-corrected chi connectivity index (χ4v) is 4.33. The lowest BCUT2D eigenvalue weighted by Crippen LogP contribution is -2.27. The van der Waals surface area contributed by atoms with Crippen LogP contribution >= 0.6 is 0 Å². The predicted molar refractivity (Wildman–Crippen MR) is 144 cm³/mol. The second kappa shape index (κ2) is 9.98. The van der Waals surface area contributed by atoms with E-state index in [4.69, 9.17) is 5.73 Å². The van der Waals surface area contributed by atoms with Crippen molar-refractivity contribution in [1.82, 2.24) is 15.3 Å². The van der Waals surface area contributed by atoms with E-state index in [1.165, 1.54) is 0 Å². The summed E-state index contributed by atoms with van der Waals surface area (Å²) < 4.78 is 0. The molecule has 2 aromatic heterocycles. The second-order valence-electron chi connectivity index (χ2n) is 8.81. The summed E-state index contributed by atoms with van der Waals surface area (Å²) in [6.07, 6.45) is 3.48. The number of fused-ring (bicyclic) bond motifs is 1. The Labute approximate surface area is 213 Å². The van der Waals surface area contributed by atoms with Crippen LogP contribution in [0.4, 0.5) is 16.3 Å². The third kappa shape index (κ3) is 4.92. The van der Waals surface area contributed by atoms with Crippen molar-refractivity contribution in [2.45, 2.75) is 12.8 Å². The van der Waals surface area contributed by atoms with E-state index in [-0.39, 0.29) is 11.9 Å². The zero-order chi connectivity index (χ0) is 25.9. The van der Waals surface area contributed by atoms with Crippen LogP contribution in [-0.4, -0.2) is 40.9 Å². The Kier molecular flexibility index (Phi) is 6.42. The zero-order valence-corrected chi connectivity index (χ0v) is 20.2. The first-order valence-corrected chi connectivity index (χ1v) is 11.9. The van der Waals surface area contributed by atoms with Crippen LogP contribution in [0.15, 0.2) is 72.9 Å². The molecule has 186 valence electrons. The number of nitrogens with two attached hydrogens (primary N) is 1. The number of urea groups is 1. The van der Waals surface area contributed by atoms with Gasteiger partial charge in [0.15, 0.2) is 0 Å². The Morgan fingerprint density at radius 3 is 2.51 bits per heavy atom. The van der Waals surface area contributed by atoms with Gasteiger partial charge in [-0.25, -0.2) is 9.78 Å². The highest BCUT2D eigenvalue weighted by Gasteiger charge is 2.22. The quantitative estimate of drug-likeness (QED) is 0.290. The molecular formula is C28H26N6O3. The molecule has 5 N–H and O–H groups in total. The van der Waals surface area contributed by atoms with Gasteiger partial charge in [-0.15, -0.1) is 0 Å². The summed E-state index contributed by atoms with van der Waals surface area (Å²) in [5.74, 6) is -0.747. The molecule has 3 heterocycles. The van der Waals surface area contributed by atoms with Gasteiger partial charge < -0.3 is 21.4 Å². The zero-order valence-electron chi connectivity index (χ0n) is 20.2. The monoisotopic (exact) mass is 494 g/mol. The van der Waals surface area contributed by atoms with Crippen LogP contribution in [0.5, 0.6) is 0 Å². The molecule has 5 rings (SSSR count). The number of nitrogens with one attached hydrogen (secondary N) is 3. The van der Waals surface area contributed by atoms with Crippen LogP contribution in [0.2, 0.25) is 0 Å². The molecule has 0 radical (unpaired) electrons. The number of carbonyl (C=O) groups excluding carboxylic acids is 3. The molecule has 1 aliphatic heterocycles. The summed E-state index contributed by atoms with van der Waals surface area (Å²) in [5, 5.41) is 6.44. The Bertz CT molecular complexity index is 1510. The van der Waals surface area contributed by atoms with E-state index in [2.05, 4.69) is 20.6 Å². The number of hydrogen-bond donors (Lipinski definition) is 4. The number of primary amides is 1. The molecule has 9 nitrogen and oxygen atoms in total. The summed E-state index contributed by atoms with van der Waals surface area (Å²) in [6.45, 7) is 3.06. The van der Waals surface area contributed by atoms with Gasteiger partial charge in [-0.05, 0) is 48.4 Å². The molecule has 4 amide bonds. The standard InChI is InChI=1S/C28H26N6O3/c1-17(18-7-9-21(10-8-18)34-14-13-30-28(34)37)27(36)33-24-12-11-22-20(16-31-26(22)32-24)15-23(25(29)35)19-5-3-2-4-6-19/h2-12,15-17H,13-14H2,1H3,(H2,29,35)(H,30,37)(H2,31,32,33,36). The Hall–Kier alpha value is -4.92. The maximum Gasteiger partial charge on any atom is 0.321 e. The van der Waals surface area contributed by atoms with Crippen LogP contribution in [0.1, 0.15) is 29.5 Å². The van der Waals surface area contributed by atoms with Gasteiger partial charge in [-0.2, -0.15) is 0 Å². The van der Waals surface area contributed by atoms with E-state index in [9.17, 15) is 14.4 Å². The third-order valence-electron chi connectivity index (χ3n) is 6.43. The van der Waals surface area contributed by atoms with Crippen LogP contribution in [-0.2, 0) is 9.59 Å². The Balaban J connectivity index is 1.32. The molecule has 1 saturated heterocycles. The molecule has 4 aromatic rings. The predicted octanol–water partition coefficient (Wildman–Crippen LogP) is 3.86. The number of pyridine rings is 1. The summed E-state index contributed by atoms with van der Waals surface area (Å²) in [4.78, 5) is 46.2. The van der Waals surface area contributed by atoms with Crippen molar-refractivity contribution in [3.63, 3.8) is 0 Å². The number of carbonyl (C=O) groups is 3. The molecule has 1 unspecified atom stereocenters. The van der Waals surface area contributed by atoms with Crippen LogP contribution < -0.4 is 21.3 Å². The van der Waals surface area contributed by atoms with E-state index in [0.717, 1.165) is 27.8 Å². The highest BCUT2D eigenvalue weighted by Crippen LogP contribution is 2.26. The molecule has 1 aliphatic rings. The SMILES string of the molecule is CC(C(=O)Nc1ccc2c(C=C(C(N)=O)c3ccccc3)c[nH]c2n1)c1ccc(N2CCNC2=O)cc1. The smallest absolute Gasteiger partial charge is 0.321 e. The first-order chi connectivity index (χ1) is 17.9. The minimum atomic E-state index is -0.525. The molecule has 1 atom stereocenters. The highest BCUT2D eigenvalue weighted by atomic mass is 16.2. The molecule has 0 spiro atoms. The minimum absolute atomic E-state index is 0.117. The number of hydrogen-bond acceptors (Lipinski definition) is 4. The highest BCUT2D eigenvalue weighted by molar-refractivity contribution is 6.24.